The maximum absolute atomic E-state index is 11.9. The van der Waals surface area contributed by atoms with Crippen molar-refractivity contribution in [3.8, 4) is 0 Å². The number of anilines is 1. The number of aromatic nitrogens is 1. The van der Waals surface area contributed by atoms with Gasteiger partial charge in [-0.05, 0) is 26.7 Å². The van der Waals surface area contributed by atoms with E-state index in [2.05, 4.69) is 15.8 Å². The second kappa shape index (κ2) is 8.32. The monoisotopic (exact) mass is 338 g/mol. The number of piperidine rings is 1. The van der Waals surface area contributed by atoms with Crippen LogP contribution in [0.3, 0.4) is 0 Å². The summed E-state index contributed by atoms with van der Waals surface area (Å²) in [7, 11) is 0. The van der Waals surface area contributed by atoms with Crippen molar-refractivity contribution in [1.82, 2.24) is 15.4 Å². The van der Waals surface area contributed by atoms with E-state index in [9.17, 15) is 14.4 Å². The molecule has 0 radical (unpaired) electrons. The number of aryl methyl sites for hydroxylation is 1. The molecule has 2 N–H and O–H groups in total. The van der Waals surface area contributed by atoms with Crippen LogP contribution in [0.4, 0.5) is 10.6 Å². The molecule has 9 heteroatoms. The van der Waals surface area contributed by atoms with Crippen LogP contribution in [-0.2, 0) is 14.3 Å². The van der Waals surface area contributed by atoms with E-state index in [4.69, 9.17) is 9.26 Å². The molecule has 1 fully saturated rings. The van der Waals surface area contributed by atoms with Gasteiger partial charge in [-0.3, -0.25) is 9.59 Å². The number of nitrogens with one attached hydrogen (secondary N) is 2. The van der Waals surface area contributed by atoms with Crippen LogP contribution >= 0.6 is 0 Å². The molecule has 0 aliphatic carbocycles. The van der Waals surface area contributed by atoms with Crippen LogP contribution in [0.5, 0.6) is 0 Å². The van der Waals surface area contributed by atoms with E-state index in [1.165, 1.54) is 0 Å². The Morgan fingerprint density at radius 2 is 2.04 bits per heavy atom. The van der Waals surface area contributed by atoms with Crippen molar-refractivity contribution >= 4 is 23.7 Å². The van der Waals surface area contributed by atoms with Gasteiger partial charge in [-0.2, -0.15) is 0 Å². The lowest BCUT2D eigenvalue weighted by molar-refractivity contribution is -0.127. The van der Waals surface area contributed by atoms with Gasteiger partial charge in [0.2, 0.25) is 11.8 Å². The summed E-state index contributed by atoms with van der Waals surface area (Å²) >= 11 is 0. The Morgan fingerprint density at radius 1 is 1.33 bits per heavy atom. The number of hydrogen-bond donors (Lipinski definition) is 2. The molecule has 132 valence electrons. The molecule has 24 heavy (non-hydrogen) atoms. The van der Waals surface area contributed by atoms with Crippen LogP contribution in [0.2, 0.25) is 0 Å². The van der Waals surface area contributed by atoms with Gasteiger partial charge in [-0.1, -0.05) is 5.16 Å². The van der Waals surface area contributed by atoms with Gasteiger partial charge in [-0.25, -0.2) is 4.79 Å². The molecular formula is C15H22N4O5. The lowest BCUT2D eigenvalue weighted by Crippen LogP contribution is -2.47. The summed E-state index contributed by atoms with van der Waals surface area (Å²) < 4.78 is 9.77. The fourth-order valence-electron chi connectivity index (χ4n) is 2.46. The quantitative estimate of drug-likeness (QED) is 0.776. The summed E-state index contributed by atoms with van der Waals surface area (Å²) in [6.07, 6.45) is 0.650. The number of nitrogens with zero attached hydrogens (tertiary/aromatic N) is 2. The van der Waals surface area contributed by atoms with Gasteiger partial charge in [0.05, 0.1) is 6.61 Å². The third-order valence-corrected chi connectivity index (χ3v) is 3.60. The Labute approximate surface area is 139 Å². The molecule has 1 aromatic heterocycles. The Bertz CT molecular complexity index is 592. The van der Waals surface area contributed by atoms with Crippen LogP contribution in [-0.4, -0.2) is 53.7 Å². The number of hydrogen-bond acceptors (Lipinski definition) is 6. The van der Waals surface area contributed by atoms with Crippen molar-refractivity contribution in [3.05, 3.63) is 11.8 Å². The summed E-state index contributed by atoms with van der Waals surface area (Å²) in [6.45, 7) is 4.85. The van der Waals surface area contributed by atoms with Crippen LogP contribution in [0, 0.1) is 6.92 Å². The van der Waals surface area contributed by atoms with Crippen LogP contribution in [0.1, 0.15) is 31.9 Å². The van der Waals surface area contributed by atoms with Crippen LogP contribution < -0.4 is 10.6 Å². The first-order valence-electron chi connectivity index (χ1n) is 7.92. The number of carbonyl (C=O) groups excluding carboxylic acids is 3. The molecule has 9 nitrogen and oxygen atoms in total. The molecule has 0 bridgehead atoms. The van der Waals surface area contributed by atoms with Crippen molar-refractivity contribution in [2.24, 2.45) is 0 Å². The first-order chi connectivity index (χ1) is 11.5. The second-order valence-electron chi connectivity index (χ2n) is 5.58. The fraction of sp³-hybridized carbons (Fsp3) is 0.600. The van der Waals surface area contributed by atoms with Gasteiger partial charge in [0, 0.05) is 25.2 Å². The highest BCUT2D eigenvalue weighted by atomic mass is 16.6. The predicted octanol–water partition coefficient (Wildman–Crippen LogP) is 1.05. The maximum Gasteiger partial charge on any atom is 0.409 e. The van der Waals surface area contributed by atoms with Gasteiger partial charge in [0.1, 0.15) is 12.2 Å². The number of amides is 3. The third kappa shape index (κ3) is 5.25. The number of carbonyl (C=O) groups is 3. The fourth-order valence-corrected chi connectivity index (χ4v) is 2.46. The first kappa shape index (κ1) is 17.8. The van der Waals surface area contributed by atoms with Gasteiger partial charge >= 0.3 is 6.09 Å². The Balaban J connectivity index is 1.69. The highest BCUT2D eigenvalue weighted by molar-refractivity contribution is 6.03. The van der Waals surface area contributed by atoms with E-state index in [-0.39, 0.29) is 30.3 Å². The minimum atomic E-state index is -0.454. The molecule has 0 aromatic carbocycles. The highest BCUT2D eigenvalue weighted by Crippen LogP contribution is 2.12. The van der Waals surface area contributed by atoms with Gasteiger partial charge in [-0.15, -0.1) is 0 Å². The van der Waals surface area contributed by atoms with Gasteiger partial charge in [0.15, 0.2) is 5.82 Å². The van der Waals surface area contributed by atoms with Crippen LogP contribution in [0.15, 0.2) is 10.6 Å². The molecular weight excluding hydrogens is 316 g/mol. The average Bonchev–Trinajstić information content (AvgIpc) is 2.92. The molecule has 2 heterocycles. The zero-order chi connectivity index (χ0) is 17.5. The van der Waals surface area contributed by atoms with E-state index in [0.29, 0.717) is 38.3 Å². The van der Waals surface area contributed by atoms with Crippen molar-refractivity contribution in [2.75, 3.05) is 25.0 Å². The molecule has 1 aliphatic heterocycles. The standard InChI is InChI=1S/C15H22N4O5/c1-3-23-15(22)19-6-4-11(5-7-19)16-13(20)9-14(21)17-12-8-10(2)24-18-12/h8,11H,3-7,9H2,1-2H3,(H,16,20)(H,17,18,21). The smallest absolute Gasteiger partial charge is 0.409 e. The summed E-state index contributed by atoms with van der Waals surface area (Å²) in [4.78, 5) is 36.9. The van der Waals surface area contributed by atoms with E-state index < -0.39 is 5.91 Å². The molecule has 1 aromatic rings. The minimum absolute atomic E-state index is 0.0507. The third-order valence-electron chi connectivity index (χ3n) is 3.60. The van der Waals surface area contributed by atoms with Gasteiger partial charge < -0.3 is 24.8 Å². The molecule has 1 aliphatic rings. The summed E-state index contributed by atoms with van der Waals surface area (Å²) in [5.41, 5.74) is 0. The molecule has 2 rings (SSSR count). The van der Waals surface area contributed by atoms with Crippen molar-refractivity contribution in [1.29, 1.82) is 0 Å². The molecule has 0 atom stereocenters. The molecule has 0 saturated carbocycles. The average molecular weight is 338 g/mol. The van der Waals surface area contributed by atoms with Crippen molar-refractivity contribution in [2.45, 2.75) is 39.2 Å². The first-order valence-corrected chi connectivity index (χ1v) is 7.92. The molecule has 0 unspecified atom stereocenters. The van der Waals surface area contributed by atoms with Gasteiger partial charge in [0.25, 0.3) is 0 Å². The predicted molar refractivity (Wildman–Crippen MR) is 84.2 cm³/mol. The lowest BCUT2D eigenvalue weighted by atomic mass is 10.1. The Hall–Kier alpha value is -2.58. The maximum atomic E-state index is 11.9. The largest absolute Gasteiger partial charge is 0.450 e. The number of ether oxygens (including phenoxy) is 1. The molecule has 1 saturated heterocycles. The lowest BCUT2D eigenvalue weighted by Gasteiger charge is -2.31. The molecule has 3 amide bonds. The van der Waals surface area contributed by atoms with Crippen molar-refractivity contribution < 1.29 is 23.6 Å². The summed E-state index contributed by atoms with van der Waals surface area (Å²) in [5.74, 6) is 0.0446. The number of rotatable bonds is 5. The SMILES string of the molecule is CCOC(=O)N1CCC(NC(=O)CC(=O)Nc2cc(C)on2)CC1. The summed E-state index contributed by atoms with van der Waals surface area (Å²) in [5, 5.41) is 8.93. The second-order valence-corrected chi connectivity index (χ2v) is 5.58. The zero-order valence-electron chi connectivity index (χ0n) is 13.8. The van der Waals surface area contributed by atoms with E-state index in [1.54, 1.807) is 24.8 Å². The van der Waals surface area contributed by atoms with E-state index in [0.717, 1.165) is 0 Å². The topological polar surface area (TPSA) is 114 Å². The van der Waals surface area contributed by atoms with Crippen LogP contribution in [0.25, 0.3) is 0 Å². The number of likely N-dealkylation sites (tertiary alicyclic amines) is 1. The summed E-state index contributed by atoms with van der Waals surface area (Å²) in [6, 6.07) is 1.52. The minimum Gasteiger partial charge on any atom is -0.450 e. The van der Waals surface area contributed by atoms with Crippen molar-refractivity contribution in [3.63, 3.8) is 0 Å². The Morgan fingerprint density at radius 3 is 2.62 bits per heavy atom. The van der Waals surface area contributed by atoms with E-state index in [1.807, 2.05) is 0 Å². The highest BCUT2D eigenvalue weighted by Gasteiger charge is 2.25. The Kier molecular flexibility index (Phi) is 6.16. The zero-order valence-corrected chi connectivity index (χ0v) is 13.8. The molecule has 0 spiro atoms. The van der Waals surface area contributed by atoms with E-state index >= 15 is 0 Å². The normalized spacial score (nSPS) is 15.0.